The number of hydrogen-bond acceptors (Lipinski definition) is 3. The SMILES string of the molecule is CNC(c1ccc(C)cc1C)c1ccncc1OC. The molecule has 0 bridgehead atoms. The zero-order valence-corrected chi connectivity index (χ0v) is 11.9. The van der Waals surface area contributed by atoms with Gasteiger partial charge in [0.25, 0.3) is 0 Å². The molecule has 1 atom stereocenters. The van der Waals surface area contributed by atoms with Gasteiger partial charge in [-0.15, -0.1) is 0 Å². The van der Waals surface area contributed by atoms with Crippen LogP contribution in [0.15, 0.2) is 36.7 Å². The molecular weight excluding hydrogens is 236 g/mol. The van der Waals surface area contributed by atoms with Gasteiger partial charge in [-0.2, -0.15) is 0 Å². The maximum absolute atomic E-state index is 5.41. The van der Waals surface area contributed by atoms with Gasteiger partial charge in [0.1, 0.15) is 5.75 Å². The van der Waals surface area contributed by atoms with Crippen LogP contribution in [0, 0.1) is 13.8 Å². The van der Waals surface area contributed by atoms with E-state index in [0.717, 1.165) is 11.3 Å². The standard InChI is InChI=1S/C16H20N2O/c1-11-5-6-13(12(2)9-11)16(17-3)14-7-8-18-10-15(14)19-4/h5-10,16-17H,1-4H3. The largest absolute Gasteiger partial charge is 0.495 e. The van der Waals surface area contributed by atoms with Crippen LogP contribution in [-0.2, 0) is 0 Å². The number of nitrogens with one attached hydrogen (secondary N) is 1. The predicted octanol–water partition coefficient (Wildman–Crippen LogP) is 3.02. The summed E-state index contributed by atoms with van der Waals surface area (Å²) in [5, 5.41) is 3.36. The van der Waals surface area contributed by atoms with Gasteiger partial charge < -0.3 is 10.1 Å². The second-order valence-corrected chi connectivity index (χ2v) is 4.70. The van der Waals surface area contributed by atoms with E-state index in [2.05, 4.69) is 42.3 Å². The van der Waals surface area contributed by atoms with Crippen LogP contribution in [0.1, 0.15) is 28.3 Å². The highest BCUT2D eigenvalue weighted by molar-refractivity contribution is 5.43. The Balaban J connectivity index is 2.50. The van der Waals surface area contributed by atoms with Gasteiger partial charge in [-0.05, 0) is 38.1 Å². The zero-order chi connectivity index (χ0) is 13.8. The number of rotatable bonds is 4. The Morgan fingerprint density at radius 3 is 2.58 bits per heavy atom. The van der Waals surface area contributed by atoms with Crippen LogP contribution in [0.2, 0.25) is 0 Å². The first kappa shape index (κ1) is 13.6. The van der Waals surface area contributed by atoms with Gasteiger partial charge in [-0.1, -0.05) is 23.8 Å². The molecule has 0 radical (unpaired) electrons. The van der Waals surface area contributed by atoms with Crippen molar-refractivity contribution in [1.29, 1.82) is 0 Å². The number of ether oxygens (including phenoxy) is 1. The number of aromatic nitrogens is 1. The van der Waals surface area contributed by atoms with E-state index in [-0.39, 0.29) is 6.04 Å². The van der Waals surface area contributed by atoms with Crippen molar-refractivity contribution in [3.63, 3.8) is 0 Å². The molecule has 1 aromatic heterocycles. The molecule has 0 aliphatic carbocycles. The van der Waals surface area contributed by atoms with Crippen molar-refractivity contribution in [1.82, 2.24) is 10.3 Å². The Bertz CT molecular complexity index is 566. The van der Waals surface area contributed by atoms with Gasteiger partial charge in [-0.25, -0.2) is 0 Å². The average Bonchev–Trinajstić information content (AvgIpc) is 2.42. The van der Waals surface area contributed by atoms with Crippen LogP contribution in [0.5, 0.6) is 5.75 Å². The minimum Gasteiger partial charge on any atom is -0.495 e. The lowest BCUT2D eigenvalue weighted by molar-refractivity contribution is 0.403. The molecule has 3 nitrogen and oxygen atoms in total. The second-order valence-electron chi connectivity index (χ2n) is 4.70. The number of benzene rings is 1. The lowest BCUT2D eigenvalue weighted by atomic mass is 9.94. The molecule has 1 unspecified atom stereocenters. The van der Waals surface area contributed by atoms with E-state index in [0.29, 0.717) is 0 Å². The first-order valence-electron chi connectivity index (χ1n) is 6.39. The molecule has 1 heterocycles. The Kier molecular flexibility index (Phi) is 4.17. The molecule has 0 aliphatic rings. The van der Waals surface area contributed by atoms with E-state index in [1.54, 1.807) is 19.5 Å². The van der Waals surface area contributed by atoms with Crippen molar-refractivity contribution in [3.05, 3.63) is 58.9 Å². The number of hydrogen-bond donors (Lipinski definition) is 1. The summed E-state index contributed by atoms with van der Waals surface area (Å²) in [5.41, 5.74) is 4.92. The van der Waals surface area contributed by atoms with E-state index < -0.39 is 0 Å². The minimum absolute atomic E-state index is 0.110. The molecule has 2 rings (SSSR count). The summed E-state index contributed by atoms with van der Waals surface area (Å²) in [6.45, 7) is 4.25. The van der Waals surface area contributed by atoms with Gasteiger partial charge in [0.05, 0.1) is 19.3 Å². The molecule has 0 aliphatic heterocycles. The van der Waals surface area contributed by atoms with Crippen molar-refractivity contribution >= 4 is 0 Å². The highest BCUT2D eigenvalue weighted by Gasteiger charge is 2.18. The summed E-state index contributed by atoms with van der Waals surface area (Å²) in [6, 6.07) is 8.62. The number of pyridine rings is 1. The number of aryl methyl sites for hydroxylation is 2. The fourth-order valence-electron chi connectivity index (χ4n) is 2.43. The fraction of sp³-hybridized carbons (Fsp3) is 0.312. The average molecular weight is 256 g/mol. The van der Waals surface area contributed by atoms with Crippen molar-refractivity contribution in [3.8, 4) is 5.75 Å². The third-order valence-electron chi connectivity index (χ3n) is 3.37. The predicted molar refractivity (Wildman–Crippen MR) is 77.6 cm³/mol. The van der Waals surface area contributed by atoms with Crippen molar-refractivity contribution in [2.75, 3.05) is 14.2 Å². The first-order valence-corrected chi connectivity index (χ1v) is 6.39. The maximum Gasteiger partial charge on any atom is 0.142 e. The molecule has 0 amide bonds. The molecular formula is C16H20N2O. The summed E-state index contributed by atoms with van der Waals surface area (Å²) in [4.78, 5) is 4.11. The van der Waals surface area contributed by atoms with Crippen molar-refractivity contribution in [2.45, 2.75) is 19.9 Å². The van der Waals surface area contributed by atoms with E-state index in [4.69, 9.17) is 4.74 Å². The van der Waals surface area contributed by atoms with Gasteiger partial charge in [0, 0.05) is 11.8 Å². The molecule has 0 fully saturated rings. The quantitative estimate of drug-likeness (QED) is 0.913. The molecule has 1 N–H and O–H groups in total. The summed E-state index contributed by atoms with van der Waals surface area (Å²) in [5.74, 6) is 0.807. The Hall–Kier alpha value is -1.87. The van der Waals surface area contributed by atoms with Crippen LogP contribution in [0.25, 0.3) is 0 Å². The summed E-state index contributed by atoms with van der Waals surface area (Å²) < 4.78 is 5.41. The first-order chi connectivity index (χ1) is 9.17. The van der Waals surface area contributed by atoms with Crippen LogP contribution < -0.4 is 10.1 Å². The topological polar surface area (TPSA) is 34.2 Å². The second kappa shape index (κ2) is 5.85. The normalized spacial score (nSPS) is 12.2. The van der Waals surface area contributed by atoms with Crippen molar-refractivity contribution < 1.29 is 4.74 Å². The highest BCUT2D eigenvalue weighted by atomic mass is 16.5. The Morgan fingerprint density at radius 1 is 1.16 bits per heavy atom. The number of nitrogens with zero attached hydrogens (tertiary/aromatic N) is 1. The Labute approximate surface area is 114 Å². The third kappa shape index (κ3) is 2.76. The highest BCUT2D eigenvalue weighted by Crippen LogP contribution is 2.30. The van der Waals surface area contributed by atoms with Gasteiger partial charge >= 0.3 is 0 Å². The van der Waals surface area contributed by atoms with Gasteiger partial charge in [0.2, 0.25) is 0 Å². The molecule has 0 saturated carbocycles. The van der Waals surface area contributed by atoms with Gasteiger partial charge in [-0.3, -0.25) is 4.98 Å². The van der Waals surface area contributed by atoms with Crippen LogP contribution in [0.4, 0.5) is 0 Å². The molecule has 100 valence electrons. The van der Waals surface area contributed by atoms with Crippen molar-refractivity contribution in [2.24, 2.45) is 0 Å². The Morgan fingerprint density at radius 2 is 1.95 bits per heavy atom. The zero-order valence-electron chi connectivity index (χ0n) is 11.9. The number of methoxy groups -OCH3 is 1. The molecule has 0 saturated heterocycles. The lowest BCUT2D eigenvalue weighted by Crippen LogP contribution is -2.19. The lowest BCUT2D eigenvalue weighted by Gasteiger charge is -2.21. The monoisotopic (exact) mass is 256 g/mol. The fourth-order valence-corrected chi connectivity index (χ4v) is 2.43. The van der Waals surface area contributed by atoms with E-state index >= 15 is 0 Å². The van der Waals surface area contributed by atoms with Crippen LogP contribution in [-0.4, -0.2) is 19.1 Å². The third-order valence-corrected chi connectivity index (χ3v) is 3.37. The smallest absolute Gasteiger partial charge is 0.142 e. The molecule has 1 aromatic carbocycles. The summed E-state index contributed by atoms with van der Waals surface area (Å²) >= 11 is 0. The van der Waals surface area contributed by atoms with Gasteiger partial charge in [0.15, 0.2) is 0 Å². The van der Waals surface area contributed by atoms with E-state index in [9.17, 15) is 0 Å². The molecule has 19 heavy (non-hydrogen) atoms. The molecule has 2 aromatic rings. The minimum atomic E-state index is 0.110. The molecule has 0 spiro atoms. The van der Waals surface area contributed by atoms with Crippen LogP contribution in [0.3, 0.4) is 0 Å². The van der Waals surface area contributed by atoms with E-state index in [1.807, 2.05) is 13.1 Å². The van der Waals surface area contributed by atoms with E-state index in [1.165, 1.54) is 16.7 Å². The molecule has 3 heteroatoms. The maximum atomic E-state index is 5.41. The summed E-state index contributed by atoms with van der Waals surface area (Å²) in [7, 11) is 3.64. The van der Waals surface area contributed by atoms with Crippen LogP contribution >= 0.6 is 0 Å². The summed E-state index contributed by atoms with van der Waals surface area (Å²) in [6.07, 6.45) is 3.55.